The van der Waals surface area contributed by atoms with Crippen LogP contribution in [0.2, 0.25) is 5.02 Å². The van der Waals surface area contributed by atoms with Crippen LogP contribution in [-0.2, 0) is 17.4 Å². The van der Waals surface area contributed by atoms with Crippen LogP contribution in [-0.4, -0.2) is 5.78 Å². The molecule has 88 valence electrons. The van der Waals surface area contributed by atoms with Gasteiger partial charge in [0, 0.05) is 15.0 Å². The van der Waals surface area contributed by atoms with Crippen LogP contribution in [0.5, 0.6) is 0 Å². The summed E-state index contributed by atoms with van der Waals surface area (Å²) in [7, 11) is 0. The summed E-state index contributed by atoms with van der Waals surface area (Å²) in [5.74, 6) is -0.352. The van der Waals surface area contributed by atoms with Gasteiger partial charge in [-0.2, -0.15) is 13.2 Å². The Labute approximate surface area is 109 Å². The topological polar surface area (TPSA) is 17.1 Å². The van der Waals surface area contributed by atoms with E-state index >= 15 is 0 Å². The number of alkyl halides is 3. The lowest BCUT2D eigenvalue weighted by Crippen LogP contribution is -2.14. The molecule has 0 aliphatic carbocycles. The first-order valence-corrected chi connectivity index (χ1v) is 5.72. The van der Waals surface area contributed by atoms with E-state index in [0.717, 1.165) is 0 Å². The monoisotopic (exact) mass is 362 g/mol. The van der Waals surface area contributed by atoms with Crippen molar-refractivity contribution in [1.82, 2.24) is 0 Å². The molecular weight excluding hydrogens is 355 g/mol. The van der Waals surface area contributed by atoms with E-state index in [9.17, 15) is 18.0 Å². The lowest BCUT2D eigenvalue weighted by Gasteiger charge is -2.15. The molecule has 0 aromatic heterocycles. The van der Waals surface area contributed by atoms with E-state index in [-0.39, 0.29) is 26.4 Å². The average Bonchev–Trinajstić information content (AvgIpc) is 2.08. The summed E-state index contributed by atoms with van der Waals surface area (Å²) in [6, 6.07) is 2.66. The number of benzene rings is 1. The second-order valence-electron chi connectivity index (χ2n) is 3.26. The van der Waals surface area contributed by atoms with Gasteiger partial charge in [-0.3, -0.25) is 4.79 Å². The molecule has 0 amide bonds. The van der Waals surface area contributed by atoms with E-state index in [1.165, 1.54) is 19.1 Å². The highest BCUT2D eigenvalue weighted by atomic mass is 127. The summed E-state index contributed by atoms with van der Waals surface area (Å²) in [5.41, 5.74) is -0.954. The zero-order valence-corrected chi connectivity index (χ0v) is 11.1. The minimum Gasteiger partial charge on any atom is -0.300 e. The highest BCUT2D eigenvalue weighted by Gasteiger charge is 2.36. The van der Waals surface area contributed by atoms with Crippen molar-refractivity contribution < 1.29 is 18.0 Å². The van der Waals surface area contributed by atoms with Gasteiger partial charge >= 0.3 is 6.18 Å². The van der Waals surface area contributed by atoms with Gasteiger partial charge in [-0.05, 0) is 47.2 Å². The molecule has 0 spiro atoms. The Morgan fingerprint density at radius 2 is 2.00 bits per heavy atom. The van der Waals surface area contributed by atoms with Crippen LogP contribution in [0.15, 0.2) is 12.1 Å². The van der Waals surface area contributed by atoms with Gasteiger partial charge in [0.2, 0.25) is 0 Å². The highest BCUT2D eigenvalue weighted by molar-refractivity contribution is 14.1. The number of ketones is 1. The van der Waals surface area contributed by atoms with Crippen molar-refractivity contribution in [3.8, 4) is 0 Å². The Morgan fingerprint density at radius 3 is 2.44 bits per heavy atom. The number of hydrogen-bond acceptors (Lipinski definition) is 1. The molecule has 0 atom stereocenters. The lowest BCUT2D eigenvalue weighted by atomic mass is 10.0. The molecule has 1 aromatic rings. The van der Waals surface area contributed by atoms with Gasteiger partial charge in [0.15, 0.2) is 0 Å². The summed E-state index contributed by atoms with van der Waals surface area (Å²) in [6.07, 6.45) is -4.79. The molecule has 0 radical (unpaired) electrons. The third kappa shape index (κ3) is 3.10. The summed E-state index contributed by atoms with van der Waals surface area (Å²) >= 11 is 7.28. The summed E-state index contributed by atoms with van der Waals surface area (Å²) in [5, 5.41) is -0.0251. The molecule has 6 heteroatoms. The zero-order valence-electron chi connectivity index (χ0n) is 8.16. The van der Waals surface area contributed by atoms with Crippen LogP contribution < -0.4 is 0 Å². The standard InChI is InChI=1S/C10H7ClF3IO/c1-5(16)4-6-7(11)2-3-8(15)9(6)10(12,13)14/h2-3H,4H2,1H3. The van der Waals surface area contributed by atoms with Crippen molar-refractivity contribution in [2.75, 3.05) is 0 Å². The highest BCUT2D eigenvalue weighted by Crippen LogP contribution is 2.38. The van der Waals surface area contributed by atoms with Gasteiger partial charge < -0.3 is 0 Å². The van der Waals surface area contributed by atoms with Crippen molar-refractivity contribution in [1.29, 1.82) is 0 Å². The molecule has 0 aliphatic heterocycles. The smallest absolute Gasteiger partial charge is 0.300 e. The molecule has 1 rings (SSSR count). The molecule has 0 bridgehead atoms. The fourth-order valence-corrected chi connectivity index (χ4v) is 2.36. The van der Waals surface area contributed by atoms with Crippen LogP contribution in [0.3, 0.4) is 0 Å². The Balaban J connectivity index is 3.43. The van der Waals surface area contributed by atoms with E-state index in [1.54, 1.807) is 22.6 Å². The number of halogens is 5. The van der Waals surface area contributed by atoms with E-state index in [0.29, 0.717) is 0 Å². The first-order valence-electron chi connectivity index (χ1n) is 4.27. The fraction of sp³-hybridized carbons (Fsp3) is 0.300. The normalized spacial score (nSPS) is 11.6. The number of Topliss-reactive ketones (excluding diaryl/α,β-unsaturated/α-hetero) is 1. The Morgan fingerprint density at radius 1 is 1.44 bits per heavy atom. The summed E-state index contributed by atoms with van der Waals surface area (Å²) in [4.78, 5) is 10.9. The third-order valence-corrected chi connectivity index (χ3v) is 3.17. The van der Waals surface area contributed by atoms with Crippen LogP contribution in [0.25, 0.3) is 0 Å². The predicted octanol–water partition coefficient (Wildman–Crippen LogP) is 4.09. The Bertz CT molecular complexity index is 429. The van der Waals surface area contributed by atoms with Crippen LogP contribution >= 0.6 is 34.2 Å². The van der Waals surface area contributed by atoms with Crippen molar-refractivity contribution in [2.45, 2.75) is 19.5 Å². The van der Waals surface area contributed by atoms with Gasteiger partial charge in [-0.15, -0.1) is 0 Å². The van der Waals surface area contributed by atoms with Crippen molar-refractivity contribution in [3.05, 3.63) is 31.9 Å². The second-order valence-corrected chi connectivity index (χ2v) is 4.83. The molecule has 0 unspecified atom stereocenters. The molecule has 0 fully saturated rings. The molecule has 0 N–H and O–H groups in total. The van der Waals surface area contributed by atoms with E-state index in [4.69, 9.17) is 11.6 Å². The van der Waals surface area contributed by atoms with E-state index < -0.39 is 11.7 Å². The first kappa shape index (κ1) is 13.8. The van der Waals surface area contributed by atoms with E-state index in [2.05, 4.69) is 0 Å². The zero-order chi connectivity index (χ0) is 12.5. The number of hydrogen-bond donors (Lipinski definition) is 0. The summed E-state index contributed by atoms with van der Waals surface area (Å²) in [6.45, 7) is 1.23. The fourth-order valence-electron chi connectivity index (χ4n) is 1.32. The molecule has 16 heavy (non-hydrogen) atoms. The Hall–Kier alpha value is -0.300. The van der Waals surface area contributed by atoms with E-state index in [1.807, 2.05) is 0 Å². The first-order chi connectivity index (χ1) is 7.23. The molecule has 0 saturated heterocycles. The second kappa shape index (κ2) is 4.91. The van der Waals surface area contributed by atoms with Gasteiger partial charge in [-0.1, -0.05) is 11.6 Å². The van der Waals surface area contributed by atoms with Crippen LogP contribution in [0.1, 0.15) is 18.1 Å². The molecular formula is C10H7ClF3IO. The lowest BCUT2D eigenvalue weighted by molar-refractivity contribution is -0.139. The van der Waals surface area contributed by atoms with Gasteiger partial charge in [0.25, 0.3) is 0 Å². The van der Waals surface area contributed by atoms with Crippen LogP contribution in [0, 0.1) is 3.57 Å². The number of carbonyl (C=O) groups excluding carboxylic acids is 1. The number of carbonyl (C=O) groups is 1. The SMILES string of the molecule is CC(=O)Cc1c(Cl)ccc(I)c1C(F)(F)F. The molecule has 0 saturated carbocycles. The van der Waals surface area contributed by atoms with Crippen LogP contribution in [0.4, 0.5) is 13.2 Å². The maximum absolute atomic E-state index is 12.8. The molecule has 0 aliphatic rings. The average molecular weight is 363 g/mol. The van der Waals surface area contributed by atoms with Gasteiger partial charge in [-0.25, -0.2) is 0 Å². The van der Waals surface area contributed by atoms with Crippen molar-refractivity contribution in [2.24, 2.45) is 0 Å². The van der Waals surface area contributed by atoms with Crippen molar-refractivity contribution in [3.63, 3.8) is 0 Å². The molecule has 0 heterocycles. The molecule has 1 nitrogen and oxygen atoms in total. The molecule has 1 aromatic carbocycles. The Kier molecular flexibility index (Phi) is 4.23. The van der Waals surface area contributed by atoms with Gasteiger partial charge in [0.1, 0.15) is 5.78 Å². The predicted molar refractivity (Wildman–Crippen MR) is 63.6 cm³/mol. The van der Waals surface area contributed by atoms with Gasteiger partial charge in [0.05, 0.1) is 5.56 Å². The minimum atomic E-state index is -4.49. The third-order valence-electron chi connectivity index (χ3n) is 1.91. The maximum Gasteiger partial charge on any atom is 0.417 e. The maximum atomic E-state index is 12.8. The minimum absolute atomic E-state index is 0.0251. The quantitative estimate of drug-likeness (QED) is 0.724. The summed E-state index contributed by atoms with van der Waals surface area (Å²) < 4.78 is 38.3. The largest absolute Gasteiger partial charge is 0.417 e. The number of rotatable bonds is 2. The van der Waals surface area contributed by atoms with Crippen molar-refractivity contribution >= 4 is 40.0 Å².